The van der Waals surface area contributed by atoms with Gasteiger partial charge in [0.05, 0.1) is 20.6 Å². The highest BCUT2D eigenvalue weighted by atomic mass is 79.9. The number of hydrogen-bond acceptors (Lipinski definition) is 3. The van der Waals surface area contributed by atoms with Crippen molar-refractivity contribution in [2.24, 2.45) is 0 Å². The number of carbonyl (C=O) groups is 2. The lowest BCUT2D eigenvalue weighted by atomic mass is 10.0. The number of halogens is 4. The van der Waals surface area contributed by atoms with Crippen LogP contribution >= 0.6 is 50.9 Å². The molecule has 0 saturated heterocycles. The molecule has 0 fully saturated rings. The average molecular weight is 814 g/mol. The number of carbonyl (C=O) groups excluding carboxylic acids is 2. The second kappa shape index (κ2) is 19.3. The third kappa shape index (κ3) is 12.1. The van der Waals surface area contributed by atoms with Crippen molar-refractivity contribution >= 4 is 62.5 Å². The Labute approximate surface area is 286 Å². The third-order valence-electron chi connectivity index (χ3n) is 6.60. The quantitative estimate of drug-likeness (QED) is 0.132. The Bertz CT molecular complexity index is 1320. The van der Waals surface area contributed by atoms with Gasteiger partial charge in [-0.3, -0.25) is 9.59 Å². The minimum atomic E-state index is 0. The predicted octanol–water partition coefficient (Wildman–Crippen LogP) is 4.30. The van der Waals surface area contributed by atoms with E-state index in [2.05, 4.69) is 31.5 Å². The first-order chi connectivity index (χ1) is 17.9. The molecule has 4 aromatic carbocycles. The summed E-state index contributed by atoms with van der Waals surface area (Å²) >= 11 is 0. The van der Waals surface area contributed by atoms with E-state index in [9.17, 15) is 9.59 Å². The monoisotopic (exact) mass is 810 g/mol. The Hall–Kier alpha value is -1.94. The summed E-state index contributed by atoms with van der Waals surface area (Å²) in [6, 6.07) is 34.7. The van der Waals surface area contributed by atoms with Gasteiger partial charge < -0.3 is 26.8 Å². The van der Waals surface area contributed by atoms with Gasteiger partial charge in [-0.05, 0) is 18.5 Å². The van der Waals surface area contributed by atoms with Crippen molar-refractivity contribution in [1.29, 1.82) is 0 Å². The molecule has 0 amide bonds. The number of nitrogens with zero attached hydrogens (tertiary/aromatic N) is 1. The van der Waals surface area contributed by atoms with E-state index in [1.54, 1.807) is 0 Å². The smallest absolute Gasteiger partial charge is 0.193 e. The first-order valence-electron chi connectivity index (χ1n) is 12.8. The molecule has 8 heteroatoms. The molecule has 4 rings (SSSR count). The minimum Gasteiger partial charge on any atom is -1.00 e. The second-order valence-electron chi connectivity index (χ2n) is 10.1. The highest BCUT2D eigenvalue weighted by Crippen LogP contribution is 2.15. The minimum absolute atomic E-state index is 0. The van der Waals surface area contributed by atoms with Crippen LogP contribution in [0.2, 0.25) is 0 Å². The van der Waals surface area contributed by atoms with Crippen LogP contribution in [0.4, 0.5) is 0 Å². The maximum absolute atomic E-state index is 12.6. The van der Waals surface area contributed by atoms with Crippen LogP contribution in [0.25, 0.3) is 0 Å². The molecule has 0 aromatic heterocycles. The standard InChI is InChI=1S/C33H35N2O2.4BrH/c1-35(2,25-27-15-19-31(20-16-27)33(37)29-11-7-4-8-12-29)24-23-34-22-21-26-13-17-30(18-14-26)32(36)28-9-5-3-6-10-28;;;;/h3-20,34H,21-25H2,1-2H3;4*1H/q+1;;;;/p-1. The van der Waals surface area contributed by atoms with Crippen molar-refractivity contribution in [2.75, 3.05) is 33.7 Å². The molecular formula is C33H38Br4N2O2. The molecule has 0 aliphatic carbocycles. The second-order valence-corrected chi connectivity index (χ2v) is 10.1. The van der Waals surface area contributed by atoms with Gasteiger partial charge in [-0.25, -0.2) is 0 Å². The lowest BCUT2D eigenvalue weighted by Crippen LogP contribution is -3.00. The molecule has 1 N–H and O–H groups in total. The molecule has 4 nitrogen and oxygen atoms in total. The highest BCUT2D eigenvalue weighted by Gasteiger charge is 2.16. The Kier molecular flexibility index (Phi) is 18.4. The van der Waals surface area contributed by atoms with E-state index in [1.807, 2.05) is 97.1 Å². The number of benzene rings is 4. The average Bonchev–Trinajstić information content (AvgIpc) is 2.93. The zero-order valence-corrected chi connectivity index (χ0v) is 30.0. The zero-order chi connectivity index (χ0) is 26.1. The fourth-order valence-corrected chi connectivity index (χ4v) is 4.41. The molecule has 4 aromatic rings. The van der Waals surface area contributed by atoms with Crippen LogP contribution in [0.5, 0.6) is 0 Å². The topological polar surface area (TPSA) is 46.2 Å². The molecule has 0 spiro atoms. The summed E-state index contributed by atoms with van der Waals surface area (Å²) < 4.78 is 0.856. The zero-order valence-electron chi connectivity index (χ0n) is 23.3. The lowest BCUT2D eigenvalue weighted by molar-refractivity contribution is -0.902. The van der Waals surface area contributed by atoms with E-state index in [0.717, 1.165) is 48.2 Å². The molecule has 0 atom stereocenters. The molecule has 0 aliphatic heterocycles. The van der Waals surface area contributed by atoms with Crippen LogP contribution in [0, 0.1) is 0 Å². The Morgan fingerprint density at radius 1 is 0.561 bits per heavy atom. The van der Waals surface area contributed by atoms with Crippen LogP contribution in [0.15, 0.2) is 109 Å². The number of rotatable bonds is 12. The number of ketones is 2. The summed E-state index contributed by atoms with van der Waals surface area (Å²) in [5.41, 5.74) is 5.32. The van der Waals surface area contributed by atoms with Gasteiger partial charge in [0, 0.05) is 34.4 Å². The highest BCUT2D eigenvalue weighted by molar-refractivity contribution is 8.93. The van der Waals surface area contributed by atoms with Crippen molar-refractivity contribution < 1.29 is 31.1 Å². The van der Waals surface area contributed by atoms with Crippen molar-refractivity contribution in [3.63, 3.8) is 0 Å². The van der Waals surface area contributed by atoms with Gasteiger partial charge in [-0.1, -0.05) is 109 Å². The summed E-state index contributed by atoms with van der Waals surface area (Å²) in [7, 11) is 4.46. The molecule has 220 valence electrons. The number of hydrogen-bond donors (Lipinski definition) is 1. The molecule has 0 heterocycles. The Morgan fingerprint density at radius 2 is 0.951 bits per heavy atom. The van der Waals surface area contributed by atoms with E-state index in [-0.39, 0.29) is 79.5 Å². The van der Waals surface area contributed by atoms with Gasteiger partial charge in [-0.15, -0.1) is 50.9 Å². The van der Waals surface area contributed by atoms with E-state index < -0.39 is 0 Å². The van der Waals surface area contributed by atoms with Gasteiger partial charge in [0.1, 0.15) is 6.54 Å². The van der Waals surface area contributed by atoms with E-state index in [1.165, 1.54) is 11.1 Å². The molecular weight excluding hydrogens is 776 g/mol. The molecule has 41 heavy (non-hydrogen) atoms. The van der Waals surface area contributed by atoms with Crippen LogP contribution < -0.4 is 22.3 Å². The lowest BCUT2D eigenvalue weighted by Gasteiger charge is -2.30. The summed E-state index contributed by atoms with van der Waals surface area (Å²) in [6.45, 7) is 3.71. The van der Waals surface area contributed by atoms with Crippen LogP contribution in [-0.4, -0.2) is 49.8 Å². The largest absolute Gasteiger partial charge is 1.00 e. The van der Waals surface area contributed by atoms with Crippen molar-refractivity contribution in [3.8, 4) is 0 Å². The van der Waals surface area contributed by atoms with Crippen LogP contribution in [-0.2, 0) is 13.0 Å². The molecule has 0 aliphatic rings. The van der Waals surface area contributed by atoms with Gasteiger partial charge in [0.2, 0.25) is 0 Å². The summed E-state index contributed by atoms with van der Waals surface area (Å²) in [6.07, 6.45) is 0.921. The van der Waals surface area contributed by atoms with Gasteiger partial charge in [0.15, 0.2) is 11.6 Å². The maximum Gasteiger partial charge on any atom is 0.193 e. The first-order valence-corrected chi connectivity index (χ1v) is 12.8. The number of nitrogens with one attached hydrogen (secondary N) is 1. The van der Waals surface area contributed by atoms with Gasteiger partial charge in [0.25, 0.3) is 0 Å². The number of quaternary nitrogens is 1. The predicted molar refractivity (Wildman–Crippen MR) is 181 cm³/mol. The molecule has 0 bridgehead atoms. The fraction of sp³-hybridized carbons (Fsp3) is 0.212. The summed E-state index contributed by atoms with van der Waals surface area (Å²) in [4.78, 5) is 25.2. The van der Waals surface area contributed by atoms with E-state index in [4.69, 9.17) is 0 Å². The normalized spacial score (nSPS) is 10.2. The Balaban J connectivity index is 0.00000400. The van der Waals surface area contributed by atoms with E-state index in [0.29, 0.717) is 11.1 Å². The van der Waals surface area contributed by atoms with Crippen LogP contribution in [0.3, 0.4) is 0 Å². The molecule has 0 unspecified atom stereocenters. The third-order valence-corrected chi connectivity index (χ3v) is 6.60. The number of likely N-dealkylation sites (N-methyl/N-ethyl adjacent to an activating group) is 1. The summed E-state index contributed by atoms with van der Waals surface area (Å²) in [5.74, 6) is 0.116. The van der Waals surface area contributed by atoms with Crippen molar-refractivity contribution in [3.05, 3.63) is 143 Å². The van der Waals surface area contributed by atoms with Crippen molar-refractivity contribution in [2.45, 2.75) is 13.0 Å². The first kappa shape index (κ1) is 39.1. The van der Waals surface area contributed by atoms with E-state index >= 15 is 0 Å². The van der Waals surface area contributed by atoms with Crippen molar-refractivity contribution in [1.82, 2.24) is 5.32 Å². The van der Waals surface area contributed by atoms with Gasteiger partial charge in [-0.2, -0.15) is 0 Å². The summed E-state index contributed by atoms with van der Waals surface area (Å²) in [5, 5.41) is 3.55. The molecule has 0 saturated carbocycles. The fourth-order valence-electron chi connectivity index (χ4n) is 4.41. The SMILES string of the molecule is Br.Br.Br.C[N+](C)(CCNCCc1ccc(C(=O)c2ccccc2)cc1)Cc1ccc(C(=O)c2ccccc2)cc1.[Br-]. The molecule has 0 radical (unpaired) electrons. The van der Waals surface area contributed by atoms with Gasteiger partial charge >= 0.3 is 0 Å². The van der Waals surface area contributed by atoms with Crippen LogP contribution in [0.1, 0.15) is 43.0 Å². The Morgan fingerprint density at radius 3 is 1.39 bits per heavy atom. The maximum atomic E-state index is 12.6.